The highest BCUT2D eigenvalue weighted by Crippen LogP contribution is 2.49. The Labute approximate surface area is 308 Å². The van der Waals surface area contributed by atoms with Gasteiger partial charge in [0.1, 0.15) is 30.2 Å². The first kappa shape index (κ1) is 37.6. The third-order valence-electron chi connectivity index (χ3n) is 13.7. The van der Waals surface area contributed by atoms with Crippen LogP contribution in [0, 0.1) is 11.8 Å². The molecule has 8 rings (SSSR count). The van der Waals surface area contributed by atoms with Gasteiger partial charge in [-0.3, -0.25) is 4.79 Å². The van der Waals surface area contributed by atoms with Crippen molar-refractivity contribution in [1.82, 2.24) is 0 Å². The average Bonchev–Trinajstić information content (AvgIpc) is 3.79. The van der Waals surface area contributed by atoms with Gasteiger partial charge in [0.2, 0.25) is 0 Å². The summed E-state index contributed by atoms with van der Waals surface area (Å²) in [4.78, 5) is 14.0. The van der Waals surface area contributed by atoms with Gasteiger partial charge in [-0.2, -0.15) is 0 Å². The molecule has 8 fully saturated rings. The van der Waals surface area contributed by atoms with Gasteiger partial charge in [0.25, 0.3) is 0 Å². The lowest BCUT2D eigenvalue weighted by Gasteiger charge is -2.49. The quantitative estimate of drug-likeness (QED) is 0.363. The number of aliphatic hydroxyl groups excluding tert-OH is 2. The monoisotopic (exact) mass is 731 g/mol. The van der Waals surface area contributed by atoms with Gasteiger partial charge >= 0.3 is 0 Å². The summed E-state index contributed by atoms with van der Waals surface area (Å²) in [6.07, 6.45) is 3.51. The van der Waals surface area contributed by atoms with Gasteiger partial charge in [-0.25, -0.2) is 0 Å². The number of fused-ring (bicyclic) bond motifs is 9. The second-order valence-electron chi connectivity index (χ2n) is 17.2. The van der Waals surface area contributed by atoms with E-state index in [4.69, 9.17) is 43.6 Å². The molecule has 0 aromatic heterocycles. The number of ketones is 1. The van der Waals surface area contributed by atoms with Crippen LogP contribution < -0.4 is 5.73 Å². The van der Waals surface area contributed by atoms with Gasteiger partial charge in [0.05, 0.1) is 67.1 Å². The van der Waals surface area contributed by atoms with Gasteiger partial charge in [0.15, 0.2) is 5.79 Å². The van der Waals surface area contributed by atoms with Crippen LogP contribution in [0.5, 0.6) is 0 Å². The van der Waals surface area contributed by atoms with E-state index in [-0.39, 0.29) is 85.8 Å². The smallest absolute Gasteiger partial charge is 0.169 e. The highest BCUT2D eigenvalue weighted by molar-refractivity contribution is 5.79. The predicted molar refractivity (Wildman–Crippen MR) is 188 cm³/mol. The van der Waals surface area contributed by atoms with Crippen LogP contribution in [0.4, 0.5) is 0 Å². The number of ether oxygens (including phenoxy) is 8. The zero-order valence-electron chi connectivity index (χ0n) is 31.0. The van der Waals surface area contributed by atoms with E-state index in [0.717, 1.165) is 56.1 Å². The first-order valence-corrected chi connectivity index (χ1v) is 20.1. The minimum absolute atomic E-state index is 0.0171. The molecule has 10 bridgehead atoms. The Morgan fingerprint density at radius 3 is 2.40 bits per heavy atom. The molecule has 0 amide bonds. The Hall–Kier alpha value is -1.29. The molecule has 0 aliphatic carbocycles. The number of aliphatic hydroxyl groups is 2. The van der Waals surface area contributed by atoms with Crippen molar-refractivity contribution in [2.24, 2.45) is 17.6 Å². The minimum atomic E-state index is -0.890. The summed E-state index contributed by atoms with van der Waals surface area (Å²) < 4.78 is 52.8. The topological polar surface area (TPSA) is 157 Å². The fraction of sp³-hybridized carbons (Fsp3) is 0.875. The fourth-order valence-corrected chi connectivity index (χ4v) is 10.8. The second kappa shape index (κ2) is 15.3. The van der Waals surface area contributed by atoms with Crippen molar-refractivity contribution in [1.29, 1.82) is 0 Å². The number of hydrogen-bond donors (Lipinski definition) is 3. The predicted octanol–water partition coefficient (Wildman–Crippen LogP) is 3.42. The lowest BCUT2D eigenvalue weighted by Crippen LogP contribution is -2.63. The van der Waals surface area contributed by atoms with Crippen LogP contribution in [0.2, 0.25) is 0 Å². The maximum atomic E-state index is 14.0. The standard InChI is InChI=1S/C40H61NO11/c1-20-13-25-5-7-29-21(2)14-27(46-29)9-11-40-12-10-31(51-40)37-35(44)39(52-40)38-30(50-37)8-6-26(48-38)15-23(42)16-28-33(18-32(47-25)22(20)3)49-34(36(28)45-4)17-24(43)19-41/h20,24-39,43-44H,2-3,5-19,41H2,1,4H3/t20-,24+,25+,26-,27+,28+,29+,30+,31?,32-,33+,34-,35+,36-,37+,38+,39-,40+/m1/s1. The van der Waals surface area contributed by atoms with Crippen LogP contribution >= 0.6 is 0 Å². The summed E-state index contributed by atoms with van der Waals surface area (Å²) in [5, 5.41) is 22.1. The number of hydrogen-bond acceptors (Lipinski definition) is 12. The van der Waals surface area contributed by atoms with Crippen LogP contribution in [0.25, 0.3) is 0 Å². The number of carbonyl (C=O) groups excluding carboxylic acids is 1. The van der Waals surface area contributed by atoms with E-state index in [9.17, 15) is 15.0 Å². The number of methoxy groups -OCH3 is 1. The highest BCUT2D eigenvalue weighted by Gasteiger charge is 2.60. The summed E-state index contributed by atoms with van der Waals surface area (Å²) in [7, 11) is 1.64. The Kier molecular flexibility index (Phi) is 11.1. The van der Waals surface area contributed by atoms with Crippen molar-refractivity contribution < 1.29 is 52.9 Å². The summed E-state index contributed by atoms with van der Waals surface area (Å²) in [6, 6.07) is 0. The molecule has 4 N–H and O–H groups in total. The van der Waals surface area contributed by atoms with Crippen molar-refractivity contribution >= 4 is 5.78 Å². The van der Waals surface area contributed by atoms with E-state index in [0.29, 0.717) is 32.1 Å². The van der Waals surface area contributed by atoms with Crippen molar-refractivity contribution in [3.05, 3.63) is 24.3 Å². The molecule has 1 unspecified atom stereocenters. The number of Topliss-reactive ketones (excluding diaryl/α,β-unsaturated/α-hetero) is 1. The molecule has 12 nitrogen and oxygen atoms in total. The molecular formula is C40H61NO11. The zero-order chi connectivity index (χ0) is 36.3. The van der Waals surface area contributed by atoms with E-state index in [1.807, 2.05) is 0 Å². The Morgan fingerprint density at radius 2 is 1.60 bits per heavy atom. The van der Waals surface area contributed by atoms with Crippen molar-refractivity contribution in [3.8, 4) is 0 Å². The van der Waals surface area contributed by atoms with Crippen LogP contribution in [-0.2, 0) is 42.7 Å². The largest absolute Gasteiger partial charge is 0.392 e. The summed E-state index contributed by atoms with van der Waals surface area (Å²) >= 11 is 0. The second-order valence-corrected chi connectivity index (χ2v) is 17.2. The van der Waals surface area contributed by atoms with Crippen LogP contribution in [-0.4, -0.2) is 127 Å². The Bertz CT molecular complexity index is 1330. The van der Waals surface area contributed by atoms with Gasteiger partial charge in [-0.05, 0) is 68.4 Å². The maximum absolute atomic E-state index is 14.0. The molecular weight excluding hydrogens is 670 g/mol. The number of nitrogens with two attached hydrogens (primary N) is 1. The molecule has 18 atom stereocenters. The molecule has 8 heterocycles. The molecule has 1 spiro atoms. The fourth-order valence-electron chi connectivity index (χ4n) is 10.8. The van der Waals surface area contributed by atoms with E-state index in [1.54, 1.807) is 7.11 Å². The molecule has 12 heteroatoms. The van der Waals surface area contributed by atoms with Gasteiger partial charge < -0.3 is 53.8 Å². The average molecular weight is 732 g/mol. The highest BCUT2D eigenvalue weighted by atomic mass is 16.7. The molecule has 8 saturated heterocycles. The molecule has 52 heavy (non-hydrogen) atoms. The third-order valence-corrected chi connectivity index (χ3v) is 13.7. The molecule has 0 radical (unpaired) electrons. The minimum Gasteiger partial charge on any atom is -0.392 e. The Morgan fingerprint density at radius 1 is 0.827 bits per heavy atom. The van der Waals surface area contributed by atoms with E-state index in [2.05, 4.69) is 20.1 Å². The molecule has 0 saturated carbocycles. The Balaban J connectivity index is 1.07. The summed E-state index contributed by atoms with van der Waals surface area (Å²) in [5.74, 6) is -0.766. The molecule has 0 aromatic carbocycles. The normalized spacial score (nSPS) is 50.4. The maximum Gasteiger partial charge on any atom is 0.169 e. The third kappa shape index (κ3) is 7.36. The lowest BCUT2D eigenvalue weighted by atomic mass is 9.81. The van der Waals surface area contributed by atoms with E-state index < -0.39 is 48.5 Å². The van der Waals surface area contributed by atoms with E-state index >= 15 is 0 Å². The SMILES string of the molecule is C=C1C[C@@H]2CC[C@]34CCC(O3)[C@@H]3O[C@H]5CC[C@H](CC(=O)C[C@@H]6[C@@H](OC)[C@@H](C[C@H](O)CN)O[C@H]6C[C@H]6O[C@@H](CC[C@@H]1O2)C[C@@H](C)C6=C)O[C@@H]5[C@H](O4)[C@H]3O. The van der Waals surface area contributed by atoms with Gasteiger partial charge in [-0.15, -0.1) is 0 Å². The number of rotatable bonds is 4. The van der Waals surface area contributed by atoms with Crippen LogP contribution in [0.3, 0.4) is 0 Å². The van der Waals surface area contributed by atoms with Crippen LogP contribution in [0.15, 0.2) is 24.3 Å². The first-order valence-electron chi connectivity index (χ1n) is 20.1. The van der Waals surface area contributed by atoms with Crippen molar-refractivity contribution in [2.45, 2.75) is 194 Å². The van der Waals surface area contributed by atoms with Crippen LogP contribution in [0.1, 0.15) is 96.8 Å². The molecule has 8 aliphatic heterocycles. The van der Waals surface area contributed by atoms with Gasteiger partial charge in [-0.1, -0.05) is 20.1 Å². The van der Waals surface area contributed by atoms with Gasteiger partial charge in [0, 0.05) is 58.1 Å². The summed E-state index contributed by atoms with van der Waals surface area (Å²) in [6.45, 7) is 11.2. The van der Waals surface area contributed by atoms with Crippen molar-refractivity contribution in [2.75, 3.05) is 13.7 Å². The van der Waals surface area contributed by atoms with E-state index in [1.165, 1.54) is 0 Å². The molecule has 292 valence electrons. The summed E-state index contributed by atoms with van der Waals surface area (Å²) in [5.41, 5.74) is 7.96. The zero-order valence-corrected chi connectivity index (χ0v) is 31.0. The first-order chi connectivity index (χ1) is 25.0. The lowest BCUT2D eigenvalue weighted by molar-refractivity contribution is -0.299. The molecule has 0 aromatic rings. The van der Waals surface area contributed by atoms with Crippen molar-refractivity contribution in [3.63, 3.8) is 0 Å². The number of carbonyl (C=O) groups is 1. The molecule has 8 aliphatic rings.